The van der Waals surface area contributed by atoms with Crippen molar-refractivity contribution in [2.75, 3.05) is 13.4 Å². The van der Waals surface area contributed by atoms with Crippen LogP contribution in [-0.4, -0.2) is 13.4 Å². The van der Waals surface area contributed by atoms with E-state index in [1.807, 2.05) is 20.8 Å². The quantitative estimate of drug-likeness (QED) is 0.669. The van der Waals surface area contributed by atoms with Crippen LogP contribution in [0.4, 0.5) is 0 Å². The van der Waals surface area contributed by atoms with Crippen LogP contribution in [0.5, 0.6) is 5.75 Å². The van der Waals surface area contributed by atoms with E-state index >= 15 is 0 Å². The molecule has 0 aliphatic carbocycles. The van der Waals surface area contributed by atoms with Crippen LogP contribution < -0.4 is 4.74 Å². The van der Waals surface area contributed by atoms with Crippen molar-refractivity contribution in [1.82, 2.24) is 0 Å². The maximum Gasteiger partial charge on any atom is 0.122 e. The summed E-state index contributed by atoms with van der Waals surface area (Å²) < 4.78 is 5.17. The van der Waals surface area contributed by atoms with Crippen molar-refractivity contribution in [3.05, 3.63) is 23.8 Å². The lowest BCUT2D eigenvalue weighted by Crippen LogP contribution is -1.86. The van der Waals surface area contributed by atoms with Crippen LogP contribution in [0.2, 0.25) is 0 Å². The molecule has 0 spiro atoms. The van der Waals surface area contributed by atoms with Gasteiger partial charge in [-0.2, -0.15) is 0 Å². The molecule has 0 saturated heterocycles. The summed E-state index contributed by atoms with van der Waals surface area (Å²) in [6.45, 7) is 6.04. The van der Waals surface area contributed by atoms with E-state index in [-0.39, 0.29) is 0 Å². The molecule has 0 aliphatic heterocycles. The number of thioether (sulfide) groups is 1. The highest BCUT2D eigenvalue weighted by Gasteiger charge is 1.97. The molecule has 2 heteroatoms. The third-order valence-electron chi connectivity index (χ3n) is 1.62. The fourth-order valence-corrected chi connectivity index (χ4v) is 1.36. The molecule has 0 unspecified atom stereocenters. The zero-order valence-electron chi connectivity index (χ0n) is 9.05. The Morgan fingerprint density at radius 3 is 2.31 bits per heavy atom. The molecule has 0 radical (unpaired) electrons. The second-order valence-electron chi connectivity index (χ2n) is 2.34. The van der Waals surface area contributed by atoms with Gasteiger partial charge >= 0.3 is 0 Å². The van der Waals surface area contributed by atoms with Crippen molar-refractivity contribution in [1.29, 1.82) is 0 Å². The van der Waals surface area contributed by atoms with E-state index < -0.39 is 0 Å². The Labute approximate surface area is 85.5 Å². The summed E-state index contributed by atoms with van der Waals surface area (Å²) in [5.41, 5.74) is 1.19. The molecule has 0 saturated carbocycles. The molecule has 1 nitrogen and oxygen atoms in total. The lowest BCUT2D eigenvalue weighted by Gasteiger charge is -2.04. The SMILES string of the molecule is CC.COc1cc(SC)ccc1C. The highest BCUT2D eigenvalue weighted by Crippen LogP contribution is 2.24. The summed E-state index contributed by atoms with van der Waals surface area (Å²) in [5, 5.41) is 0. The molecular weight excluding hydrogens is 180 g/mol. The highest BCUT2D eigenvalue weighted by molar-refractivity contribution is 7.98. The fraction of sp³-hybridized carbons (Fsp3) is 0.455. The summed E-state index contributed by atoms with van der Waals surface area (Å²) >= 11 is 1.73. The second kappa shape index (κ2) is 6.84. The minimum absolute atomic E-state index is 0.969. The lowest BCUT2D eigenvalue weighted by atomic mass is 10.2. The number of benzene rings is 1. The van der Waals surface area contributed by atoms with Crippen LogP contribution in [0.25, 0.3) is 0 Å². The van der Waals surface area contributed by atoms with Gasteiger partial charge in [-0.15, -0.1) is 11.8 Å². The molecule has 1 aromatic rings. The van der Waals surface area contributed by atoms with E-state index in [4.69, 9.17) is 4.74 Å². The Hall–Kier alpha value is -0.630. The first-order chi connectivity index (χ1) is 6.27. The number of aryl methyl sites for hydroxylation is 1. The molecule has 0 amide bonds. The largest absolute Gasteiger partial charge is 0.496 e. The van der Waals surface area contributed by atoms with Crippen LogP contribution in [0.1, 0.15) is 19.4 Å². The second-order valence-corrected chi connectivity index (χ2v) is 3.22. The molecule has 1 rings (SSSR count). The number of hydrogen-bond acceptors (Lipinski definition) is 2. The van der Waals surface area contributed by atoms with Crippen molar-refractivity contribution in [3.63, 3.8) is 0 Å². The summed E-state index contributed by atoms with van der Waals surface area (Å²) in [5.74, 6) is 0.969. The van der Waals surface area contributed by atoms with Gasteiger partial charge in [0.2, 0.25) is 0 Å². The Bertz CT molecular complexity index is 246. The van der Waals surface area contributed by atoms with Gasteiger partial charge < -0.3 is 4.74 Å². The Morgan fingerprint density at radius 1 is 1.23 bits per heavy atom. The van der Waals surface area contributed by atoms with Crippen molar-refractivity contribution < 1.29 is 4.74 Å². The predicted molar refractivity (Wildman–Crippen MR) is 60.9 cm³/mol. The molecule has 1 aromatic carbocycles. The van der Waals surface area contributed by atoms with Gasteiger partial charge in [-0.05, 0) is 30.9 Å². The molecule has 0 bridgehead atoms. The third kappa shape index (κ3) is 3.73. The lowest BCUT2D eigenvalue weighted by molar-refractivity contribution is 0.410. The van der Waals surface area contributed by atoms with Crippen LogP contribution in [-0.2, 0) is 0 Å². The van der Waals surface area contributed by atoms with Crippen molar-refractivity contribution in [2.24, 2.45) is 0 Å². The zero-order valence-corrected chi connectivity index (χ0v) is 9.87. The van der Waals surface area contributed by atoms with Gasteiger partial charge in [-0.25, -0.2) is 0 Å². The fourth-order valence-electron chi connectivity index (χ4n) is 0.927. The molecule has 0 aromatic heterocycles. The predicted octanol–water partition coefficient (Wildman–Crippen LogP) is 3.75. The van der Waals surface area contributed by atoms with Gasteiger partial charge in [0, 0.05) is 4.90 Å². The average Bonchev–Trinajstić information content (AvgIpc) is 2.22. The number of rotatable bonds is 2. The van der Waals surface area contributed by atoms with Gasteiger partial charge in [0.05, 0.1) is 7.11 Å². The normalized spacial score (nSPS) is 8.69. The maximum absolute atomic E-state index is 5.17. The van der Waals surface area contributed by atoms with E-state index in [9.17, 15) is 0 Å². The topological polar surface area (TPSA) is 9.23 Å². The van der Waals surface area contributed by atoms with E-state index in [1.165, 1.54) is 10.5 Å². The molecule has 13 heavy (non-hydrogen) atoms. The summed E-state index contributed by atoms with van der Waals surface area (Å²) in [6.07, 6.45) is 2.06. The third-order valence-corrected chi connectivity index (χ3v) is 2.34. The van der Waals surface area contributed by atoms with Gasteiger partial charge in [0.15, 0.2) is 0 Å². The minimum Gasteiger partial charge on any atom is -0.496 e. The molecule has 0 N–H and O–H groups in total. The average molecular weight is 198 g/mol. The number of ether oxygens (including phenoxy) is 1. The van der Waals surface area contributed by atoms with Crippen molar-refractivity contribution in [2.45, 2.75) is 25.7 Å². The van der Waals surface area contributed by atoms with Crippen LogP contribution in [0, 0.1) is 6.92 Å². The van der Waals surface area contributed by atoms with Crippen LogP contribution >= 0.6 is 11.8 Å². The number of methoxy groups -OCH3 is 1. The smallest absolute Gasteiger partial charge is 0.122 e. The summed E-state index contributed by atoms with van der Waals surface area (Å²) in [4.78, 5) is 1.24. The van der Waals surface area contributed by atoms with Crippen molar-refractivity contribution in [3.8, 4) is 5.75 Å². The van der Waals surface area contributed by atoms with Crippen molar-refractivity contribution >= 4 is 11.8 Å². The van der Waals surface area contributed by atoms with Gasteiger partial charge in [0.1, 0.15) is 5.75 Å². The molecule has 0 fully saturated rings. The van der Waals surface area contributed by atoms with Gasteiger partial charge in [0.25, 0.3) is 0 Å². The number of hydrogen-bond donors (Lipinski definition) is 0. The zero-order chi connectivity index (χ0) is 10.3. The monoisotopic (exact) mass is 198 g/mol. The molecule has 0 heterocycles. The van der Waals surface area contributed by atoms with Gasteiger partial charge in [-0.1, -0.05) is 19.9 Å². The van der Waals surface area contributed by atoms with Gasteiger partial charge in [-0.3, -0.25) is 0 Å². The Balaban J connectivity index is 0.000000671. The van der Waals surface area contributed by atoms with E-state index in [0.717, 1.165) is 5.75 Å². The van der Waals surface area contributed by atoms with E-state index in [0.29, 0.717) is 0 Å². The summed E-state index contributed by atoms with van der Waals surface area (Å²) in [7, 11) is 1.70. The Morgan fingerprint density at radius 2 is 1.85 bits per heavy atom. The summed E-state index contributed by atoms with van der Waals surface area (Å²) in [6, 6.07) is 6.23. The molecular formula is C11H18OS. The van der Waals surface area contributed by atoms with Crippen LogP contribution in [0.3, 0.4) is 0 Å². The minimum atomic E-state index is 0.969. The first-order valence-electron chi connectivity index (χ1n) is 4.46. The molecule has 0 atom stereocenters. The Kier molecular flexibility index (Phi) is 6.51. The first kappa shape index (κ1) is 12.4. The molecule has 74 valence electrons. The highest BCUT2D eigenvalue weighted by atomic mass is 32.2. The maximum atomic E-state index is 5.17. The first-order valence-corrected chi connectivity index (χ1v) is 5.69. The van der Waals surface area contributed by atoms with E-state index in [1.54, 1.807) is 18.9 Å². The molecule has 0 aliphatic rings. The van der Waals surface area contributed by atoms with Crippen LogP contribution in [0.15, 0.2) is 23.1 Å². The standard InChI is InChI=1S/C9H12OS.C2H6/c1-7-4-5-8(11-3)6-9(7)10-2;1-2/h4-6H,1-3H3;1-2H3. The van der Waals surface area contributed by atoms with E-state index in [2.05, 4.69) is 24.5 Å².